The highest BCUT2D eigenvalue weighted by molar-refractivity contribution is 6.29. The van der Waals surface area contributed by atoms with Gasteiger partial charge in [-0.1, -0.05) is 11.6 Å². The lowest BCUT2D eigenvalue weighted by atomic mass is 9.94. The molecule has 1 atom stereocenters. The molecule has 1 N–H and O–H groups in total. The number of anilines is 1. The van der Waals surface area contributed by atoms with E-state index in [1.54, 1.807) is 26.0 Å². The Kier molecular flexibility index (Phi) is 6.12. The van der Waals surface area contributed by atoms with Crippen molar-refractivity contribution in [3.05, 3.63) is 76.1 Å². The first-order valence-electron chi connectivity index (χ1n) is 11.0. The molecule has 34 heavy (non-hydrogen) atoms. The second-order valence-corrected chi connectivity index (χ2v) is 8.74. The SMILES string of the molecule is Cc1cc(F)c(-c2ncnc3cc(N4CCOCC4)ccc23)cc1C(O)c1nnc(Cl)cc1C. The monoisotopic (exact) mass is 479 g/mol. The Balaban J connectivity index is 1.59. The summed E-state index contributed by atoms with van der Waals surface area (Å²) < 4.78 is 20.6. The Morgan fingerprint density at radius 1 is 1.03 bits per heavy atom. The summed E-state index contributed by atoms with van der Waals surface area (Å²) in [5.74, 6) is -0.426. The second-order valence-electron chi connectivity index (χ2n) is 8.35. The van der Waals surface area contributed by atoms with Crippen LogP contribution >= 0.6 is 11.6 Å². The summed E-state index contributed by atoms with van der Waals surface area (Å²) in [5.41, 5.74) is 4.68. The van der Waals surface area contributed by atoms with Crippen LogP contribution in [0.5, 0.6) is 0 Å². The van der Waals surface area contributed by atoms with Gasteiger partial charge in [-0.15, -0.1) is 5.10 Å². The molecule has 0 radical (unpaired) electrons. The first-order valence-corrected chi connectivity index (χ1v) is 11.4. The Labute approximate surface area is 201 Å². The third-order valence-corrected chi connectivity index (χ3v) is 6.34. The molecule has 7 nitrogen and oxygen atoms in total. The predicted octanol–water partition coefficient (Wildman–Crippen LogP) is 4.41. The normalized spacial score (nSPS) is 15.0. The maximum Gasteiger partial charge on any atom is 0.151 e. The van der Waals surface area contributed by atoms with Crippen molar-refractivity contribution < 1.29 is 14.2 Å². The highest BCUT2D eigenvalue weighted by atomic mass is 35.5. The third-order valence-electron chi connectivity index (χ3n) is 6.15. The third kappa shape index (κ3) is 4.20. The van der Waals surface area contributed by atoms with Gasteiger partial charge in [0.1, 0.15) is 18.2 Å². The Bertz CT molecular complexity index is 1380. The van der Waals surface area contributed by atoms with E-state index >= 15 is 4.39 Å². The minimum absolute atomic E-state index is 0.244. The minimum Gasteiger partial charge on any atom is -0.382 e. The number of nitrogens with zero attached hydrogens (tertiary/aromatic N) is 5. The molecular weight excluding hydrogens is 457 g/mol. The summed E-state index contributed by atoms with van der Waals surface area (Å²) in [6, 6.07) is 10.6. The van der Waals surface area contributed by atoms with Gasteiger partial charge in [-0.05, 0) is 66.9 Å². The van der Waals surface area contributed by atoms with Crippen LogP contribution in [0.4, 0.5) is 10.1 Å². The Morgan fingerprint density at radius 3 is 2.59 bits per heavy atom. The average molecular weight is 480 g/mol. The molecule has 0 bridgehead atoms. The molecule has 1 aliphatic rings. The summed E-state index contributed by atoms with van der Waals surface area (Å²) in [6.45, 7) is 6.53. The van der Waals surface area contributed by atoms with Gasteiger partial charge in [0.15, 0.2) is 5.15 Å². The number of morpholine rings is 1. The van der Waals surface area contributed by atoms with E-state index in [4.69, 9.17) is 16.3 Å². The molecule has 1 unspecified atom stereocenters. The molecule has 1 aliphatic heterocycles. The van der Waals surface area contributed by atoms with Crippen LogP contribution in [0, 0.1) is 19.7 Å². The van der Waals surface area contributed by atoms with E-state index in [9.17, 15) is 5.11 Å². The molecule has 174 valence electrons. The number of rotatable bonds is 4. The zero-order valence-corrected chi connectivity index (χ0v) is 19.6. The van der Waals surface area contributed by atoms with E-state index in [1.165, 1.54) is 12.4 Å². The quantitative estimate of drug-likeness (QED) is 0.464. The van der Waals surface area contributed by atoms with Crippen LogP contribution in [0.15, 0.2) is 42.7 Å². The van der Waals surface area contributed by atoms with Crippen molar-refractivity contribution in [3.63, 3.8) is 0 Å². The standard InChI is InChI=1S/C25H23ClFN5O2/c1-14-9-20(27)19(12-18(14)25(33)23-15(2)10-22(26)30-31-23)24-17-4-3-16(11-21(17)28-13-29-24)32-5-7-34-8-6-32/h3-4,9-13,25,33H,5-8H2,1-2H3. The van der Waals surface area contributed by atoms with Crippen molar-refractivity contribution in [2.75, 3.05) is 31.2 Å². The number of hydrogen-bond acceptors (Lipinski definition) is 7. The van der Waals surface area contributed by atoms with Crippen LogP contribution in [0.2, 0.25) is 5.15 Å². The average Bonchev–Trinajstić information content (AvgIpc) is 2.84. The molecule has 0 aliphatic carbocycles. The van der Waals surface area contributed by atoms with Crippen LogP contribution in [0.1, 0.15) is 28.5 Å². The fourth-order valence-corrected chi connectivity index (χ4v) is 4.52. The number of hydrogen-bond donors (Lipinski definition) is 1. The fourth-order valence-electron chi connectivity index (χ4n) is 4.32. The van der Waals surface area contributed by atoms with Gasteiger partial charge in [0.2, 0.25) is 0 Å². The lowest BCUT2D eigenvalue weighted by Gasteiger charge is -2.29. The molecule has 1 fully saturated rings. The number of fused-ring (bicyclic) bond motifs is 1. The van der Waals surface area contributed by atoms with Gasteiger partial charge in [-0.2, -0.15) is 5.10 Å². The number of benzene rings is 2. The Hall–Kier alpha value is -3.20. The van der Waals surface area contributed by atoms with Crippen LogP contribution in [0.3, 0.4) is 0 Å². The Morgan fingerprint density at radius 2 is 1.82 bits per heavy atom. The summed E-state index contributed by atoms with van der Waals surface area (Å²) in [7, 11) is 0. The topological polar surface area (TPSA) is 84.3 Å². The highest BCUT2D eigenvalue weighted by Crippen LogP contribution is 2.35. The lowest BCUT2D eigenvalue weighted by Crippen LogP contribution is -2.36. The van der Waals surface area contributed by atoms with Gasteiger partial charge in [-0.25, -0.2) is 14.4 Å². The van der Waals surface area contributed by atoms with Crippen molar-refractivity contribution >= 4 is 28.2 Å². The number of halogens is 2. The predicted molar refractivity (Wildman–Crippen MR) is 129 cm³/mol. The van der Waals surface area contributed by atoms with Gasteiger partial charge in [0, 0.05) is 29.7 Å². The zero-order chi connectivity index (χ0) is 23.8. The molecule has 0 spiro atoms. The second kappa shape index (κ2) is 9.21. The largest absolute Gasteiger partial charge is 0.382 e. The van der Waals surface area contributed by atoms with Crippen molar-refractivity contribution in [2.24, 2.45) is 0 Å². The molecule has 9 heteroatoms. The van der Waals surface area contributed by atoms with Crippen molar-refractivity contribution in [1.82, 2.24) is 20.2 Å². The lowest BCUT2D eigenvalue weighted by molar-refractivity contribution is 0.122. The maximum absolute atomic E-state index is 15.2. The number of ether oxygens (including phenoxy) is 1. The van der Waals surface area contributed by atoms with Gasteiger partial charge in [-0.3, -0.25) is 0 Å². The van der Waals surface area contributed by atoms with Crippen LogP contribution < -0.4 is 4.90 Å². The number of aliphatic hydroxyl groups excluding tert-OH is 1. The summed E-state index contributed by atoms with van der Waals surface area (Å²) >= 11 is 5.91. The van der Waals surface area contributed by atoms with Crippen LogP contribution in [0.25, 0.3) is 22.2 Å². The molecule has 3 heterocycles. The highest BCUT2D eigenvalue weighted by Gasteiger charge is 2.22. The summed E-state index contributed by atoms with van der Waals surface area (Å²) in [4.78, 5) is 11.1. The molecule has 2 aromatic heterocycles. The van der Waals surface area contributed by atoms with E-state index < -0.39 is 11.9 Å². The van der Waals surface area contributed by atoms with Gasteiger partial charge < -0.3 is 14.7 Å². The van der Waals surface area contributed by atoms with E-state index in [2.05, 4.69) is 25.1 Å². The first kappa shape index (κ1) is 22.6. The molecule has 5 rings (SSSR count). The van der Waals surface area contributed by atoms with Crippen molar-refractivity contribution in [2.45, 2.75) is 20.0 Å². The number of aromatic nitrogens is 4. The number of aliphatic hydroxyl groups is 1. The van der Waals surface area contributed by atoms with E-state index in [1.807, 2.05) is 18.2 Å². The summed E-state index contributed by atoms with van der Waals surface area (Å²) in [6.07, 6.45) is 0.343. The molecule has 0 saturated carbocycles. The molecule has 2 aromatic carbocycles. The van der Waals surface area contributed by atoms with Gasteiger partial charge >= 0.3 is 0 Å². The minimum atomic E-state index is -1.09. The van der Waals surface area contributed by atoms with E-state index in [-0.39, 0.29) is 10.7 Å². The molecule has 4 aromatic rings. The molecule has 1 saturated heterocycles. The van der Waals surface area contributed by atoms with Gasteiger partial charge in [0.25, 0.3) is 0 Å². The van der Waals surface area contributed by atoms with E-state index in [0.29, 0.717) is 41.3 Å². The zero-order valence-electron chi connectivity index (χ0n) is 18.8. The van der Waals surface area contributed by atoms with Gasteiger partial charge in [0.05, 0.1) is 30.1 Å². The number of aryl methyl sites for hydroxylation is 2. The molecular formula is C25H23ClFN5O2. The van der Waals surface area contributed by atoms with Crippen molar-refractivity contribution in [1.29, 1.82) is 0 Å². The van der Waals surface area contributed by atoms with Crippen LogP contribution in [-0.4, -0.2) is 51.6 Å². The fraction of sp³-hybridized carbons (Fsp3) is 0.280. The van der Waals surface area contributed by atoms with Crippen LogP contribution in [-0.2, 0) is 4.74 Å². The maximum atomic E-state index is 15.2. The first-order chi connectivity index (χ1) is 16.4. The van der Waals surface area contributed by atoms with Crippen molar-refractivity contribution in [3.8, 4) is 11.3 Å². The van der Waals surface area contributed by atoms with E-state index in [0.717, 1.165) is 29.7 Å². The smallest absolute Gasteiger partial charge is 0.151 e. The molecule has 0 amide bonds. The summed E-state index contributed by atoms with van der Waals surface area (Å²) in [5, 5.41) is 20.0.